The fourth-order valence-corrected chi connectivity index (χ4v) is 4.60. The van der Waals surface area contributed by atoms with Gasteiger partial charge in [-0.3, -0.25) is 4.79 Å². The second kappa shape index (κ2) is 8.29. The molecule has 1 aliphatic rings. The third kappa shape index (κ3) is 3.87. The molecule has 2 atom stereocenters. The highest BCUT2D eigenvalue weighted by Gasteiger charge is 2.37. The number of para-hydroxylation sites is 1. The number of amides is 1. The zero-order chi connectivity index (χ0) is 20.4. The van der Waals surface area contributed by atoms with Crippen LogP contribution in [0.1, 0.15) is 42.4 Å². The first-order valence-corrected chi connectivity index (χ1v) is 10.8. The summed E-state index contributed by atoms with van der Waals surface area (Å²) in [6.45, 7) is 6.20. The minimum atomic E-state index is -0.371. The summed E-state index contributed by atoms with van der Waals surface area (Å²) in [6.07, 6.45) is 1.63. The van der Waals surface area contributed by atoms with Crippen molar-refractivity contribution in [3.05, 3.63) is 71.0 Å². The van der Waals surface area contributed by atoms with E-state index in [-0.39, 0.29) is 17.2 Å². The van der Waals surface area contributed by atoms with Gasteiger partial charge in [0.05, 0.1) is 6.04 Å². The number of carbonyl (C=O) groups is 1. The average molecular weight is 408 g/mol. The van der Waals surface area contributed by atoms with Gasteiger partial charge in [-0.1, -0.05) is 73.6 Å². The van der Waals surface area contributed by atoms with Crippen LogP contribution in [0.15, 0.2) is 53.7 Å². The second-order valence-electron chi connectivity index (χ2n) is 7.14. The van der Waals surface area contributed by atoms with Crippen LogP contribution >= 0.6 is 11.8 Å². The van der Waals surface area contributed by atoms with E-state index < -0.39 is 0 Å². The number of nitrogens with one attached hydrogen (secondary N) is 2. The van der Waals surface area contributed by atoms with E-state index in [2.05, 4.69) is 59.1 Å². The molecule has 7 heteroatoms. The molecular weight excluding hydrogens is 382 g/mol. The number of nitrogens with zero attached hydrogens (tertiary/aromatic N) is 3. The molecule has 1 amide bonds. The van der Waals surface area contributed by atoms with Gasteiger partial charge < -0.3 is 10.7 Å². The molecule has 3 aromatic rings. The Kier molecular flexibility index (Phi) is 5.58. The van der Waals surface area contributed by atoms with Gasteiger partial charge in [-0.2, -0.15) is 0 Å². The van der Waals surface area contributed by atoms with Crippen LogP contribution in [0.2, 0.25) is 0 Å². The van der Waals surface area contributed by atoms with Gasteiger partial charge in [0.2, 0.25) is 11.1 Å². The van der Waals surface area contributed by atoms with E-state index in [9.17, 15) is 4.79 Å². The van der Waals surface area contributed by atoms with Crippen molar-refractivity contribution in [3.8, 4) is 0 Å². The Bertz CT molecular complexity index is 1010. The molecule has 2 N–H and O–H groups in total. The quantitative estimate of drug-likeness (QED) is 0.666. The van der Waals surface area contributed by atoms with Gasteiger partial charge in [0, 0.05) is 12.1 Å². The van der Waals surface area contributed by atoms with Gasteiger partial charge in [0.15, 0.2) is 5.82 Å². The first-order chi connectivity index (χ1) is 14.1. The van der Waals surface area contributed by atoms with Crippen LogP contribution in [0.4, 0.5) is 5.69 Å². The van der Waals surface area contributed by atoms with E-state index in [1.165, 1.54) is 17.3 Å². The predicted octanol–water partition coefficient (Wildman–Crippen LogP) is 4.11. The summed E-state index contributed by atoms with van der Waals surface area (Å²) in [4.78, 5) is 13.3. The molecule has 0 saturated carbocycles. The van der Waals surface area contributed by atoms with Gasteiger partial charge in [-0.05, 0) is 30.5 Å². The minimum Gasteiger partial charge on any atom is -0.325 e. The van der Waals surface area contributed by atoms with E-state index in [4.69, 9.17) is 0 Å². The fourth-order valence-electron chi connectivity index (χ4n) is 3.51. The summed E-state index contributed by atoms with van der Waals surface area (Å²) in [5, 5.41) is 12.0. The molecule has 1 aliphatic heterocycles. The Morgan fingerprint density at radius 1 is 1.10 bits per heavy atom. The first kappa shape index (κ1) is 19.5. The maximum absolute atomic E-state index is 13.3. The smallest absolute Gasteiger partial charge is 0.240 e. The zero-order valence-corrected chi connectivity index (χ0v) is 17.7. The highest BCUT2D eigenvalue weighted by atomic mass is 32.2. The molecule has 0 fully saturated rings. The van der Waals surface area contributed by atoms with Crippen molar-refractivity contribution in [1.29, 1.82) is 0 Å². The molecule has 6 nitrogen and oxygen atoms in total. The van der Waals surface area contributed by atoms with Gasteiger partial charge in [-0.15, -0.1) is 10.2 Å². The Morgan fingerprint density at radius 2 is 1.86 bits per heavy atom. The monoisotopic (exact) mass is 407 g/mol. The lowest BCUT2D eigenvalue weighted by molar-refractivity contribution is -0.116. The molecule has 2 heterocycles. The third-order valence-corrected chi connectivity index (χ3v) is 6.39. The first-order valence-electron chi connectivity index (χ1n) is 9.93. The summed E-state index contributed by atoms with van der Waals surface area (Å²) < 4.78 is 1.92. The highest BCUT2D eigenvalue weighted by Crippen LogP contribution is 2.37. The maximum atomic E-state index is 13.3. The fraction of sp³-hybridized carbons (Fsp3) is 0.318. The van der Waals surface area contributed by atoms with E-state index in [0.29, 0.717) is 5.16 Å². The molecular formula is C22H25N5OS. The van der Waals surface area contributed by atoms with Crippen molar-refractivity contribution in [1.82, 2.24) is 14.9 Å². The predicted molar refractivity (Wildman–Crippen MR) is 117 cm³/mol. The van der Waals surface area contributed by atoms with Crippen LogP contribution in [0.3, 0.4) is 0 Å². The van der Waals surface area contributed by atoms with E-state index in [1.807, 2.05) is 35.9 Å². The Hall–Kier alpha value is -2.80. The lowest BCUT2D eigenvalue weighted by atomic mass is 10.0. The van der Waals surface area contributed by atoms with Crippen LogP contribution < -0.4 is 10.7 Å². The van der Waals surface area contributed by atoms with Crippen molar-refractivity contribution >= 4 is 23.4 Å². The molecule has 0 spiro atoms. The topological polar surface area (TPSA) is 71.8 Å². The van der Waals surface area contributed by atoms with Gasteiger partial charge in [0.25, 0.3) is 0 Å². The number of rotatable bonds is 5. The summed E-state index contributed by atoms with van der Waals surface area (Å²) in [6, 6.07) is 16.1. The Labute approximate surface area is 175 Å². The lowest BCUT2D eigenvalue weighted by Crippen LogP contribution is -2.41. The molecule has 0 unspecified atom stereocenters. The van der Waals surface area contributed by atoms with Crippen molar-refractivity contribution in [2.75, 3.05) is 10.7 Å². The summed E-state index contributed by atoms with van der Waals surface area (Å²) in [5.74, 6) is 0.820. The molecule has 4 rings (SSSR count). The number of carbonyl (C=O) groups excluding carboxylic acids is 1. The van der Waals surface area contributed by atoms with E-state index in [0.717, 1.165) is 35.5 Å². The largest absolute Gasteiger partial charge is 0.325 e. The van der Waals surface area contributed by atoms with Crippen molar-refractivity contribution < 1.29 is 4.79 Å². The average Bonchev–Trinajstić information content (AvgIpc) is 3.16. The minimum absolute atomic E-state index is 0.0405. The van der Waals surface area contributed by atoms with Gasteiger partial charge in [-0.25, -0.2) is 4.68 Å². The van der Waals surface area contributed by atoms with Gasteiger partial charge in [0.1, 0.15) is 5.25 Å². The zero-order valence-electron chi connectivity index (χ0n) is 16.8. The van der Waals surface area contributed by atoms with Gasteiger partial charge >= 0.3 is 0 Å². The molecule has 29 heavy (non-hydrogen) atoms. The third-order valence-electron chi connectivity index (χ3n) is 5.17. The number of hydrogen-bond acceptors (Lipinski definition) is 5. The number of aromatic nitrogens is 3. The Balaban J connectivity index is 1.68. The summed E-state index contributed by atoms with van der Waals surface area (Å²) in [7, 11) is 0. The van der Waals surface area contributed by atoms with Crippen LogP contribution in [0.25, 0.3) is 0 Å². The number of benzene rings is 2. The van der Waals surface area contributed by atoms with Crippen LogP contribution in [-0.4, -0.2) is 26.0 Å². The van der Waals surface area contributed by atoms with Crippen molar-refractivity contribution in [2.24, 2.45) is 0 Å². The summed E-state index contributed by atoms with van der Waals surface area (Å²) >= 11 is 1.46. The molecule has 150 valence electrons. The molecule has 0 bridgehead atoms. The SMILES string of the molecule is CCc1ccccc1NC(=O)[C@H]1Sc2nnc(CC)n2N[C@@H]1c1ccc(C)cc1. The molecule has 2 aromatic carbocycles. The molecule has 0 saturated heterocycles. The normalized spacial score (nSPS) is 18.0. The number of hydrogen-bond donors (Lipinski definition) is 2. The highest BCUT2D eigenvalue weighted by molar-refractivity contribution is 8.00. The molecule has 0 radical (unpaired) electrons. The van der Waals surface area contributed by atoms with Crippen molar-refractivity contribution in [2.45, 2.75) is 50.1 Å². The van der Waals surface area contributed by atoms with Crippen LogP contribution in [-0.2, 0) is 17.6 Å². The maximum Gasteiger partial charge on any atom is 0.240 e. The Morgan fingerprint density at radius 3 is 2.59 bits per heavy atom. The lowest BCUT2D eigenvalue weighted by Gasteiger charge is -2.33. The molecule has 1 aromatic heterocycles. The standard InChI is InChI=1S/C22H25N5OS/c1-4-15-8-6-7-9-17(15)23-21(28)20-19(16-12-10-14(3)11-13-16)26-27-18(5-2)24-25-22(27)29-20/h6-13,19-20,26H,4-5H2,1-3H3,(H,23,28)/t19-,20+/m1/s1. The summed E-state index contributed by atoms with van der Waals surface area (Å²) in [5.41, 5.74) is 7.73. The van der Waals surface area contributed by atoms with Crippen LogP contribution in [0, 0.1) is 6.92 Å². The number of fused-ring (bicyclic) bond motifs is 1. The second-order valence-corrected chi connectivity index (χ2v) is 8.25. The molecule has 0 aliphatic carbocycles. The van der Waals surface area contributed by atoms with Crippen LogP contribution in [0.5, 0.6) is 0 Å². The number of aryl methyl sites for hydroxylation is 3. The number of anilines is 1. The van der Waals surface area contributed by atoms with E-state index in [1.54, 1.807) is 0 Å². The number of thioether (sulfide) groups is 1. The van der Waals surface area contributed by atoms with Crippen molar-refractivity contribution in [3.63, 3.8) is 0 Å². The van der Waals surface area contributed by atoms with E-state index >= 15 is 0 Å².